The van der Waals surface area contributed by atoms with Crippen molar-refractivity contribution in [3.05, 3.63) is 79.2 Å². The molecule has 4 aromatic rings. The predicted molar refractivity (Wildman–Crippen MR) is 143 cm³/mol. The van der Waals surface area contributed by atoms with Crippen LogP contribution in [0.5, 0.6) is 23.1 Å². The molecule has 0 radical (unpaired) electrons. The number of aromatic nitrogens is 3. The van der Waals surface area contributed by atoms with Crippen LogP contribution < -0.4 is 14.2 Å². The topological polar surface area (TPSA) is 87.4 Å². The van der Waals surface area contributed by atoms with Gasteiger partial charge in [0.15, 0.2) is 11.5 Å². The third-order valence-corrected chi connectivity index (χ3v) is 6.62. The molecular weight excluding hydrogens is 503 g/mol. The van der Waals surface area contributed by atoms with Gasteiger partial charge in [-0.1, -0.05) is 12.6 Å². The Hall–Kier alpha value is -4.44. The summed E-state index contributed by atoms with van der Waals surface area (Å²) in [5.41, 5.74) is 2.30. The fourth-order valence-electron chi connectivity index (χ4n) is 4.68. The van der Waals surface area contributed by atoms with Gasteiger partial charge in [0, 0.05) is 31.7 Å². The number of ether oxygens (including phenoxy) is 4. The number of carbonyl (C=O) groups is 1. The lowest BCUT2D eigenvalue weighted by atomic mass is 10.1. The molecule has 1 amide bonds. The Kier molecular flexibility index (Phi) is 7.74. The number of amides is 1. The van der Waals surface area contributed by atoms with E-state index in [1.165, 1.54) is 19.3 Å². The first-order chi connectivity index (χ1) is 19.0. The molecule has 1 atom stereocenters. The monoisotopic (exact) mass is 532 g/mol. The summed E-state index contributed by atoms with van der Waals surface area (Å²) in [5, 5.41) is 0. The Morgan fingerprint density at radius 1 is 1.13 bits per heavy atom. The van der Waals surface area contributed by atoms with E-state index in [9.17, 15) is 9.18 Å². The highest BCUT2D eigenvalue weighted by atomic mass is 19.1. The van der Waals surface area contributed by atoms with E-state index in [1.54, 1.807) is 48.7 Å². The van der Waals surface area contributed by atoms with Crippen molar-refractivity contribution in [3.63, 3.8) is 0 Å². The van der Waals surface area contributed by atoms with Crippen molar-refractivity contribution in [2.24, 2.45) is 0 Å². The molecule has 10 heteroatoms. The number of carbonyl (C=O) groups excluding carboxylic acids is 1. The van der Waals surface area contributed by atoms with Crippen molar-refractivity contribution in [1.82, 2.24) is 19.3 Å². The first-order valence-electron chi connectivity index (χ1n) is 12.5. The van der Waals surface area contributed by atoms with Crippen LogP contribution in [-0.4, -0.2) is 65.7 Å². The van der Waals surface area contributed by atoms with Crippen LogP contribution >= 0.6 is 0 Å². The van der Waals surface area contributed by atoms with Crippen molar-refractivity contribution in [2.45, 2.75) is 12.3 Å². The number of hydrogen-bond donors (Lipinski definition) is 0. The molecule has 2 aromatic heterocycles. The average Bonchev–Trinajstić information content (AvgIpc) is 3.60. The quantitative estimate of drug-likeness (QED) is 0.213. The SMILES string of the molecule is C=CC(=O)N1CC[C@@H](c2nc(-c3ccc(Oc4cccc(OC)c4F)cc3)c3cncc(OCCOC)n23)C1. The van der Waals surface area contributed by atoms with Gasteiger partial charge in [0.2, 0.25) is 17.6 Å². The fraction of sp³-hybridized carbons (Fsp3) is 0.276. The van der Waals surface area contributed by atoms with E-state index in [0.717, 1.165) is 23.3 Å². The molecular formula is C29H29FN4O5. The standard InChI is InChI=1S/C29H29FN4O5/c1-4-25(35)33-13-12-20(18-33)29-32-28(22-16-31-17-26(34(22)29)38-15-14-36-2)19-8-10-21(11-9-19)39-24-7-5-6-23(37-3)27(24)30/h4-11,16-17,20H,1,12-15,18H2,2-3H3/t20-/m1/s1. The molecule has 0 N–H and O–H groups in total. The summed E-state index contributed by atoms with van der Waals surface area (Å²) < 4.78 is 38.5. The molecule has 5 rings (SSSR count). The molecule has 202 valence electrons. The zero-order valence-electron chi connectivity index (χ0n) is 21.8. The molecule has 9 nitrogen and oxygen atoms in total. The summed E-state index contributed by atoms with van der Waals surface area (Å²) in [6.07, 6.45) is 5.49. The number of methoxy groups -OCH3 is 2. The van der Waals surface area contributed by atoms with Gasteiger partial charge in [0.05, 0.1) is 37.3 Å². The molecule has 1 saturated heterocycles. The van der Waals surface area contributed by atoms with Gasteiger partial charge in [-0.25, -0.2) is 4.98 Å². The first-order valence-corrected chi connectivity index (χ1v) is 12.5. The highest BCUT2D eigenvalue weighted by Gasteiger charge is 2.31. The number of likely N-dealkylation sites (tertiary alicyclic amines) is 1. The minimum atomic E-state index is -0.568. The lowest BCUT2D eigenvalue weighted by Crippen LogP contribution is -2.26. The zero-order valence-corrected chi connectivity index (χ0v) is 21.8. The van der Waals surface area contributed by atoms with Gasteiger partial charge in [-0.2, -0.15) is 4.39 Å². The maximum absolute atomic E-state index is 14.6. The summed E-state index contributed by atoms with van der Waals surface area (Å²) >= 11 is 0. The van der Waals surface area contributed by atoms with E-state index < -0.39 is 5.82 Å². The number of halogens is 1. The normalized spacial score (nSPS) is 14.9. The van der Waals surface area contributed by atoms with Crippen molar-refractivity contribution < 1.29 is 28.1 Å². The molecule has 39 heavy (non-hydrogen) atoms. The number of imidazole rings is 1. The van der Waals surface area contributed by atoms with E-state index in [1.807, 2.05) is 16.5 Å². The van der Waals surface area contributed by atoms with Crippen molar-refractivity contribution in [1.29, 1.82) is 0 Å². The van der Waals surface area contributed by atoms with Gasteiger partial charge in [-0.05, 0) is 48.9 Å². The third-order valence-electron chi connectivity index (χ3n) is 6.62. The molecule has 0 saturated carbocycles. The fourth-order valence-corrected chi connectivity index (χ4v) is 4.68. The summed E-state index contributed by atoms with van der Waals surface area (Å²) in [5.74, 6) is 1.30. The highest BCUT2D eigenvalue weighted by molar-refractivity contribution is 5.87. The second-order valence-corrected chi connectivity index (χ2v) is 9.00. The van der Waals surface area contributed by atoms with Crippen molar-refractivity contribution >= 4 is 11.4 Å². The molecule has 3 heterocycles. The smallest absolute Gasteiger partial charge is 0.245 e. The summed E-state index contributed by atoms with van der Waals surface area (Å²) in [7, 11) is 3.02. The van der Waals surface area contributed by atoms with Crippen LogP contribution in [0.4, 0.5) is 4.39 Å². The van der Waals surface area contributed by atoms with E-state index in [0.29, 0.717) is 43.6 Å². The predicted octanol–water partition coefficient (Wildman–Crippen LogP) is 4.86. The zero-order chi connectivity index (χ0) is 27.4. The van der Waals surface area contributed by atoms with Crippen molar-refractivity contribution in [2.75, 3.05) is 40.5 Å². The highest BCUT2D eigenvalue weighted by Crippen LogP contribution is 2.36. The summed E-state index contributed by atoms with van der Waals surface area (Å²) in [6.45, 7) is 5.54. The number of rotatable bonds is 10. The van der Waals surface area contributed by atoms with Crippen LogP contribution in [0.3, 0.4) is 0 Å². The third kappa shape index (κ3) is 5.28. The maximum Gasteiger partial charge on any atom is 0.245 e. The largest absolute Gasteiger partial charge is 0.494 e. The molecule has 0 unspecified atom stereocenters. The van der Waals surface area contributed by atoms with Gasteiger partial charge >= 0.3 is 0 Å². The molecule has 0 spiro atoms. The van der Waals surface area contributed by atoms with Gasteiger partial charge in [0.25, 0.3) is 0 Å². The summed E-state index contributed by atoms with van der Waals surface area (Å²) in [4.78, 5) is 23.4. The second-order valence-electron chi connectivity index (χ2n) is 9.00. The van der Waals surface area contributed by atoms with Gasteiger partial charge in [0.1, 0.15) is 18.2 Å². The van der Waals surface area contributed by atoms with E-state index in [2.05, 4.69) is 11.6 Å². The van der Waals surface area contributed by atoms with Crippen LogP contribution in [0.1, 0.15) is 18.2 Å². The van der Waals surface area contributed by atoms with E-state index >= 15 is 0 Å². The minimum absolute atomic E-state index is 0.000896. The molecule has 1 aliphatic heterocycles. The van der Waals surface area contributed by atoms with Gasteiger partial charge in [-0.3, -0.25) is 14.2 Å². The van der Waals surface area contributed by atoms with Crippen LogP contribution in [0.2, 0.25) is 0 Å². The maximum atomic E-state index is 14.6. The second kappa shape index (κ2) is 11.5. The molecule has 0 bridgehead atoms. The van der Waals surface area contributed by atoms with Crippen LogP contribution in [0, 0.1) is 5.82 Å². The molecule has 0 aliphatic carbocycles. The first kappa shape index (κ1) is 26.2. The summed E-state index contributed by atoms with van der Waals surface area (Å²) in [6, 6.07) is 12.0. The molecule has 1 fully saturated rings. The Balaban J connectivity index is 1.50. The Bertz CT molecular complexity index is 1490. The molecule has 1 aliphatic rings. The average molecular weight is 533 g/mol. The Labute approximate surface area is 225 Å². The number of benzene rings is 2. The van der Waals surface area contributed by atoms with E-state index in [4.69, 9.17) is 23.9 Å². The lowest BCUT2D eigenvalue weighted by Gasteiger charge is -2.15. The van der Waals surface area contributed by atoms with Crippen molar-refractivity contribution in [3.8, 4) is 34.4 Å². The van der Waals surface area contributed by atoms with Crippen LogP contribution in [0.15, 0.2) is 67.5 Å². The number of fused-ring (bicyclic) bond motifs is 1. The lowest BCUT2D eigenvalue weighted by molar-refractivity contribution is -0.125. The van der Waals surface area contributed by atoms with Crippen LogP contribution in [-0.2, 0) is 9.53 Å². The number of nitrogens with zero attached hydrogens (tertiary/aromatic N) is 4. The Morgan fingerprint density at radius 2 is 1.92 bits per heavy atom. The Morgan fingerprint density at radius 3 is 2.67 bits per heavy atom. The molecule has 2 aromatic carbocycles. The van der Waals surface area contributed by atoms with E-state index in [-0.39, 0.29) is 23.3 Å². The van der Waals surface area contributed by atoms with Gasteiger partial charge in [-0.15, -0.1) is 0 Å². The van der Waals surface area contributed by atoms with Crippen LogP contribution in [0.25, 0.3) is 16.8 Å². The minimum Gasteiger partial charge on any atom is -0.494 e. The number of hydrogen-bond acceptors (Lipinski definition) is 7. The van der Waals surface area contributed by atoms with Gasteiger partial charge < -0.3 is 23.8 Å².